The van der Waals surface area contributed by atoms with Gasteiger partial charge in [-0.1, -0.05) is 231 Å². The van der Waals surface area contributed by atoms with Crippen LogP contribution in [0.3, 0.4) is 0 Å². The maximum atomic E-state index is 7.26. The SMILES string of the molecule is CCCCCCCCOc1cccc(-c2nc3c(-c4cc5c(OCCCCCCCC)c6sc(-c7ccc(-c8cc9c(OCCCCCCCC)c%10sc(C)cc%10c(OCCCCCCCC)c9s8)s7)cc6c(OCCCCCCCC)c5s4)ncc(C)c3nc2-c2cccc(C)c2)c1. The van der Waals surface area contributed by atoms with Crippen LogP contribution in [0.1, 0.15) is 243 Å². The van der Waals surface area contributed by atoms with E-state index in [1.807, 2.05) is 51.5 Å². The molecule has 0 aliphatic rings. The molecule has 528 valence electrons. The monoisotopic (exact) mass is 1420 g/mol. The summed E-state index contributed by atoms with van der Waals surface area (Å²) >= 11 is 9.16. The molecule has 0 N–H and O–H groups in total. The third-order valence-corrected chi connectivity index (χ3v) is 25.1. The third-order valence-electron chi connectivity index (χ3n) is 19.2. The molecule has 0 amide bonds. The number of nitrogens with zero attached hydrogens (tertiary/aromatic N) is 3. The molecule has 11 aromatic rings. The van der Waals surface area contributed by atoms with Crippen LogP contribution in [0.25, 0.3) is 104 Å². The standard InChI is InChI=1S/C86H109N3O5S5/c1-9-14-19-24-29-34-47-90-64-44-40-43-63(54-64)76-75(62-42-39-41-59(6)52-62)88-74-60(7)58-87-77(78(74)89-76)73-57-68-82(94-51-38-33-28-23-18-13-5)85-67(81(86(68)99-73)93-50-37-32-27-22-17-12-4)56-72(98-85)70-46-45-69(96-70)71-55-66-80(92-49-36-31-26-21-16-11-3)83-65(53-61(8)95-83)79(84(66)97-71)91-48-35-30-25-20-15-10-2/h39-46,52-58H,9-38,47-51H2,1-8H3. The van der Waals surface area contributed by atoms with Crippen LogP contribution in [0.2, 0.25) is 0 Å². The lowest BCUT2D eigenvalue weighted by atomic mass is 10.0. The molecule has 11 rings (SSSR count). The number of pyridine rings is 1. The van der Waals surface area contributed by atoms with Crippen LogP contribution in [0.5, 0.6) is 28.7 Å². The van der Waals surface area contributed by atoms with Crippen molar-refractivity contribution in [3.63, 3.8) is 0 Å². The summed E-state index contributed by atoms with van der Waals surface area (Å²) < 4.78 is 39.5. The third kappa shape index (κ3) is 19.2. The summed E-state index contributed by atoms with van der Waals surface area (Å²) in [7, 11) is 0. The highest BCUT2D eigenvalue weighted by atomic mass is 32.1. The average molecular weight is 1430 g/mol. The predicted octanol–water partition coefficient (Wildman–Crippen LogP) is 28.9. The molecule has 99 heavy (non-hydrogen) atoms. The Morgan fingerprint density at radius 3 is 1.14 bits per heavy atom. The predicted molar refractivity (Wildman–Crippen MR) is 432 cm³/mol. The first-order chi connectivity index (χ1) is 48.7. The van der Waals surface area contributed by atoms with Crippen molar-refractivity contribution in [3.05, 3.63) is 107 Å². The van der Waals surface area contributed by atoms with Crippen LogP contribution in [-0.4, -0.2) is 48.0 Å². The molecule has 0 aliphatic heterocycles. The molecule has 7 heterocycles. The Kier molecular flexibility index (Phi) is 28.6. The minimum Gasteiger partial charge on any atom is -0.494 e. The molecular formula is C86H109N3O5S5. The maximum absolute atomic E-state index is 7.26. The number of fused-ring (bicyclic) bond motifs is 5. The first-order valence-corrected chi connectivity index (χ1v) is 42.4. The Bertz CT molecular complexity index is 4190. The summed E-state index contributed by atoms with van der Waals surface area (Å²) in [5.74, 6) is 4.75. The molecule has 0 spiro atoms. The van der Waals surface area contributed by atoms with Crippen LogP contribution >= 0.6 is 56.7 Å². The minimum atomic E-state index is 0.637. The Hall–Kier alpha value is -6.09. The van der Waals surface area contributed by atoms with E-state index in [4.69, 9.17) is 38.6 Å². The van der Waals surface area contributed by atoms with Crippen molar-refractivity contribution in [2.45, 2.75) is 248 Å². The van der Waals surface area contributed by atoms with E-state index >= 15 is 0 Å². The summed E-state index contributed by atoms with van der Waals surface area (Å²) in [6.07, 6.45) is 38.2. The number of benzene rings is 4. The van der Waals surface area contributed by atoms with Crippen molar-refractivity contribution in [3.8, 4) is 81.3 Å². The van der Waals surface area contributed by atoms with Gasteiger partial charge in [0.2, 0.25) is 0 Å². The van der Waals surface area contributed by atoms with Gasteiger partial charge < -0.3 is 23.7 Å². The number of rotatable bonds is 45. The first-order valence-electron chi connectivity index (χ1n) is 38.3. The van der Waals surface area contributed by atoms with Gasteiger partial charge in [0.05, 0.1) is 73.6 Å². The fraction of sp³-hybridized carbons (Fsp3) is 0.500. The summed E-state index contributed by atoms with van der Waals surface area (Å²) in [5, 5.41) is 4.53. The zero-order valence-corrected chi connectivity index (χ0v) is 64.9. The van der Waals surface area contributed by atoms with Gasteiger partial charge in [0.1, 0.15) is 40.0 Å². The van der Waals surface area contributed by atoms with E-state index in [0.717, 1.165) is 157 Å². The summed E-state index contributed by atoms with van der Waals surface area (Å²) in [6.45, 7) is 21.3. The van der Waals surface area contributed by atoms with E-state index < -0.39 is 0 Å². The smallest absolute Gasteiger partial charge is 0.146 e. The van der Waals surface area contributed by atoms with Crippen molar-refractivity contribution < 1.29 is 23.7 Å². The van der Waals surface area contributed by atoms with E-state index in [1.165, 1.54) is 198 Å². The van der Waals surface area contributed by atoms with E-state index in [2.05, 4.69) is 140 Å². The normalized spacial score (nSPS) is 11.8. The molecule has 0 saturated carbocycles. The molecule has 0 atom stereocenters. The lowest BCUT2D eigenvalue weighted by molar-refractivity contribution is 0.304. The van der Waals surface area contributed by atoms with Gasteiger partial charge >= 0.3 is 0 Å². The van der Waals surface area contributed by atoms with Crippen LogP contribution in [-0.2, 0) is 0 Å². The molecule has 0 radical (unpaired) electrons. The second-order valence-electron chi connectivity index (χ2n) is 27.5. The number of thiophene rings is 5. The zero-order chi connectivity index (χ0) is 68.7. The van der Waals surface area contributed by atoms with E-state index in [1.54, 1.807) is 11.3 Å². The molecule has 13 heteroatoms. The molecule has 4 aromatic carbocycles. The molecular weight excluding hydrogens is 1320 g/mol. The lowest BCUT2D eigenvalue weighted by Gasteiger charge is -2.14. The van der Waals surface area contributed by atoms with Crippen molar-refractivity contribution in [1.82, 2.24) is 15.0 Å². The van der Waals surface area contributed by atoms with Gasteiger partial charge in [0.15, 0.2) is 0 Å². The molecule has 0 unspecified atom stereocenters. The number of hydrogen-bond donors (Lipinski definition) is 0. The summed E-state index contributed by atoms with van der Waals surface area (Å²) in [6, 6.07) is 31.2. The van der Waals surface area contributed by atoms with Gasteiger partial charge in [-0.25, -0.2) is 9.97 Å². The van der Waals surface area contributed by atoms with Gasteiger partial charge in [-0.05, 0) is 113 Å². The fourth-order valence-corrected chi connectivity index (χ4v) is 19.3. The van der Waals surface area contributed by atoms with Crippen molar-refractivity contribution >= 4 is 108 Å². The van der Waals surface area contributed by atoms with E-state index in [9.17, 15) is 0 Å². The van der Waals surface area contributed by atoms with Crippen LogP contribution in [0.15, 0.2) is 91.1 Å². The highest BCUT2D eigenvalue weighted by Crippen LogP contribution is 2.56. The summed E-state index contributed by atoms with van der Waals surface area (Å²) in [4.78, 5) is 23.9. The molecule has 0 bridgehead atoms. The number of hydrogen-bond acceptors (Lipinski definition) is 13. The van der Waals surface area contributed by atoms with Crippen molar-refractivity contribution in [2.24, 2.45) is 0 Å². The fourth-order valence-electron chi connectivity index (χ4n) is 13.6. The van der Waals surface area contributed by atoms with Crippen LogP contribution < -0.4 is 23.7 Å². The Balaban J connectivity index is 0.999. The lowest BCUT2D eigenvalue weighted by Crippen LogP contribution is -2.01. The Morgan fingerprint density at radius 2 is 0.687 bits per heavy atom. The van der Waals surface area contributed by atoms with Gasteiger partial charge in [0, 0.05) is 63.3 Å². The van der Waals surface area contributed by atoms with Crippen LogP contribution in [0, 0.1) is 20.8 Å². The highest BCUT2D eigenvalue weighted by Gasteiger charge is 2.28. The average Bonchev–Trinajstić information content (AvgIpc) is 1.60. The number of ether oxygens (including phenoxy) is 5. The molecule has 0 fully saturated rings. The first kappa shape index (κ1) is 74.1. The zero-order valence-electron chi connectivity index (χ0n) is 60.8. The van der Waals surface area contributed by atoms with Crippen molar-refractivity contribution in [2.75, 3.05) is 33.0 Å². The quantitative estimate of drug-likeness (QED) is 0.0349. The minimum absolute atomic E-state index is 0.637. The maximum Gasteiger partial charge on any atom is 0.146 e. The van der Waals surface area contributed by atoms with Gasteiger partial charge in [-0.3, -0.25) is 4.98 Å². The van der Waals surface area contributed by atoms with Crippen molar-refractivity contribution in [1.29, 1.82) is 0 Å². The van der Waals surface area contributed by atoms with E-state index in [-0.39, 0.29) is 0 Å². The number of aryl methyl sites for hydroxylation is 3. The molecule has 0 saturated heterocycles. The highest BCUT2D eigenvalue weighted by molar-refractivity contribution is 7.30. The second kappa shape index (κ2) is 38.3. The second-order valence-corrected chi connectivity index (χ2v) is 33.0. The molecule has 7 aromatic heterocycles. The number of unbranched alkanes of at least 4 members (excludes halogenated alkanes) is 25. The Labute approximate surface area is 611 Å². The molecule has 8 nitrogen and oxygen atoms in total. The van der Waals surface area contributed by atoms with Gasteiger partial charge in [0.25, 0.3) is 0 Å². The topological polar surface area (TPSA) is 84.8 Å². The van der Waals surface area contributed by atoms with Gasteiger partial charge in [-0.2, -0.15) is 0 Å². The molecule has 0 aliphatic carbocycles. The van der Waals surface area contributed by atoms with Crippen LogP contribution in [0.4, 0.5) is 0 Å². The number of aromatic nitrogens is 3. The van der Waals surface area contributed by atoms with E-state index in [0.29, 0.717) is 19.8 Å². The largest absolute Gasteiger partial charge is 0.494 e. The van der Waals surface area contributed by atoms with Gasteiger partial charge in [-0.15, -0.1) is 56.7 Å². The Morgan fingerprint density at radius 1 is 0.313 bits per heavy atom. The summed E-state index contributed by atoms with van der Waals surface area (Å²) in [5.41, 5.74) is 8.21.